The fraction of sp³-hybridized carbons (Fsp3) is 0. The topological polar surface area (TPSA) is 37.3 Å². The van der Waals surface area contributed by atoms with Crippen molar-refractivity contribution >= 4 is 11.9 Å². The highest BCUT2D eigenvalue weighted by Crippen LogP contribution is 2.23. The van der Waals surface area contributed by atoms with Crippen molar-refractivity contribution in [2.75, 3.05) is 0 Å². The Labute approximate surface area is 112 Å². The van der Waals surface area contributed by atoms with Crippen LogP contribution in [0.2, 0.25) is 0 Å². The van der Waals surface area contributed by atoms with Gasteiger partial charge in [0.25, 0.3) is 0 Å². The Hall–Kier alpha value is -2.56. The van der Waals surface area contributed by atoms with Gasteiger partial charge in [0.1, 0.15) is 11.6 Å². The van der Waals surface area contributed by atoms with E-state index < -0.39 is 34.5 Å². The molecule has 2 nitrogen and oxygen atoms in total. The second-order valence-corrected chi connectivity index (χ2v) is 4.00. The zero-order valence-corrected chi connectivity index (χ0v) is 10.1. The van der Waals surface area contributed by atoms with Gasteiger partial charge in [-0.15, -0.1) is 0 Å². The molecule has 0 bridgehead atoms. The monoisotopic (exact) mass is 278 g/mol. The molecule has 2 aromatic carbocycles. The van der Waals surface area contributed by atoms with Crippen molar-refractivity contribution in [2.24, 2.45) is 0 Å². The average molecular weight is 278 g/mol. The van der Waals surface area contributed by atoms with E-state index in [-0.39, 0.29) is 5.56 Å². The fourth-order valence-corrected chi connectivity index (χ4v) is 1.62. The van der Waals surface area contributed by atoms with Crippen LogP contribution in [0.25, 0.3) is 6.08 Å². The van der Waals surface area contributed by atoms with Crippen LogP contribution in [0.3, 0.4) is 0 Å². The summed E-state index contributed by atoms with van der Waals surface area (Å²) in [7, 11) is 0. The van der Waals surface area contributed by atoms with Gasteiger partial charge in [0.05, 0.1) is 5.56 Å². The molecule has 0 aliphatic rings. The summed E-state index contributed by atoms with van der Waals surface area (Å²) in [5.41, 5.74) is -0.368. The van der Waals surface area contributed by atoms with Crippen LogP contribution in [0.1, 0.15) is 15.9 Å². The molecule has 0 amide bonds. The predicted octanol–water partition coefficient (Wildman–Crippen LogP) is 3.71. The lowest BCUT2D eigenvalue weighted by molar-refractivity contribution is 0.104. The number of carbonyl (C=O) groups is 1. The number of carbonyl (C=O) groups excluding carboxylic acids is 1. The summed E-state index contributed by atoms with van der Waals surface area (Å²) in [6.07, 6.45) is 2.10. The highest BCUT2D eigenvalue weighted by molar-refractivity contribution is 6.08. The Morgan fingerprint density at radius 1 is 1.05 bits per heavy atom. The molecule has 102 valence electrons. The van der Waals surface area contributed by atoms with E-state index in [4.69, 9.17) is 0 Å². The molecule has 0 saturated heterocycles. The maximum absolute atomic E-state index is 13.3. The van der Waals surface area contributed by atoms with Crippen LogP contribution in [-0.4, -0.2) is 10.9 Å². The molecule has 0 aliphatic carbocycles. The first-order valence-electron chi connectivity index (χ1n) is 5.64. The Morgan fingerprint density at radius 3 is 2.45 bits per heavy atom. The van der Waals surface area contributed by atoms with E-state index in [0.29, 0.717) is 12.1 Å². The lowest BCUT2D eigenvalue weighted by Crippen LogP contribution is -1.98. The molecule has 0 unspecified atom stereocenters. The van der Waals surface area contributed by atoms with E-state index >= 15 is 0 Å². The van der Waals surface area contributed by atoms with Crippen molar-refractivity contribution in [3.05, 3.63) is 71.1 Å². The lowest BCUT2D eigenvalue weighted by atomic mass is 10.1. The van der Waals surface area contributed by atoms with E-state index in [1.807, 2.05) is 0 Å². The normalized spacial score (nSPS) is 10.9. The van der Waals surface area contributed by atoms with Crippen LogP contribution in [0, 0.1) is 17.5 Å². The Balaban J connectivity index is 2.32. The molecule has 0 fully saturated rings. The van der Waals surface area contributed by atoms with Gasteiger partial charge in [0, 0.05) is 11.6 Å². The SMILES string of the molecule is O=C(C=Cc1ccccc1F)c1cc(F)cc(F)c1O. The number of halogens is 3. The molecule has 0 radical (unpaired) electrons. The molecule has 20 heavy (non-hydrogen) atoms. The van der Waals surface area contributed by atoms with Gasteiger partial charge in [0.15, 0.2) is 17.3 Å². The smallest absolute Gasteiger partial charge is 0.189 e. The Morgan fingerprint density at radius 2 is 1.75 bits per heavy atom. The molecule has 2 aromatic rings. The van der Waals surface area contributed by atoms with E-state index in [1.54, 1.807) is 6.07 Å². The van der Waals surface area contributed by atoms with Gasteiger partial charge in [-0.3, -0.25) is 4.79 Å². The number of phenolic OH excluding ortho intramolecular Hbond substituents is 1. The predicted molar refractivity (Wildman–Crippen MR) is 67.8 cm³/mol. The third kappa shape index (κ3) is 2.88. The van der Waals surface area contributed by atoms with E-state index in [2.05, 4.69) is 0 Å². The van der Waals surface area contributed by atoms with Crippen LogP contribution in [0.5, 0.6) is 5.75 Å². The molecular formula is C15H9F3O2. The van der Waals surface area contributed by atoms with Crippen LogP contribution < -0.4 is 0 Å². The average Bonchev–Trinajstić information content (AvgIpc) is 2.41. The lowest BCUT2D eigenvalue weighted by Gasteiger charge is -2.02. The summed E-state index contributed by atoms with van der Waals surface area (Å²) < 4.78 is 39.4. The molecule has 5 heteroatoms. The number of allylic oxidation sites excluding steroid dienone is 1. The van der Waals surface area contributed by atoms with Gasteiger partial charge >= 0.3 is 0 Å². The summed E-state index contributed by atoms with van der Waals surface area (Å²) in [4.78, 5) is 11.8. The fourth-order valence-electron chi connectivity index (χ4n) is 1.62. The highest BCUT2D eigenvalue weighted by atomic mass is 19.1. The number of rotatable bonds is 3. The van der Waals surface area contributed by atoms with Crippen molar-refractivity contribution in [1.82, 2.24) is 0 Å². The van der Waals surface area contributed by atoms with Gasteiger partial charge in [0.2, 0.25) is 0 Å². The summed E-state index contributed by atoms with van der Waals surface area (Å²) in [5.74, 6) is -4.51. The minimum atomic E-state index is -1.23. The third-order valence-electron chi connectivity index (χ3n) is 2.61. The van der Waals surface area contributed by atoms with Crippen LogP contribution in [0.4, 0.5) is 13.2 Å². The van der Waals surface area contributed by atoms with Crippen molar-refractivity contribution in [1.29, 1.82) is 0 Å². The third-order valence-corrected chi connectivity index (χ3v) is 2.61. The van der Waals surface area contributed by atoms with Crippen LogP contribution in [-0.2, 0) is 0 Å². The van der Waals surface area contributed by atoms with E-state index in [9.17, 15) is 23.1 Å². The van der Waals surface area contributed by atoms with E-state index in [1.165, 1.54) is 24.3 Å². The zero-order chi connectivity index (χ0) is 14.7. The number of phenols is 1. The second-order valence-electron chi connectivity index (χ2n) is 4.00. The van der Waals surface area contributed by atoms with Gasteiger partial charge in [-0.1, -0.05) is 18.2 Å². The summed E-state index contributed by atoms with van der Waals surface area (Å²) in [6, 6.07) is 6.89. The standard InChI is InChI=1S/C15H9F3O2/c16-10-7-11(15(20)13(18)8-10)14(19)6-5-9-3-1-2-4-12(9)17/h1-8,20H. The zero-order valence-electron chi connectivity index (χ0n) is 10.1. The number of ketones is 1. The van der Waals surface area contributed by atoms with Crippen molar-refractivity contribution < 1.29 is 23.1 Å². The summed E-state index contributed by atoms with van der Waals surface area (Å²) in [5, 5.41) is 9.37. The molecular weight excluding hydrogens is 269 g/mol. The van der Waals surface area contributed by atoms with Crippen LogP contribution in [0.15, 0.2) is 42.5 Å². The molecule has 0 heterocycles. The minimum Gasteiger partial charge on any atom is -0.504 e. The number of aromatic hydroxyl groups is 1. The van der Waals surface area contributed by atoms with E-state index in [0.717, 1.165) is 6.08 Å². The Bertz CT molecular complexity index is 694. The first kappa shape index (κ1) is 13.9. The first-order valence-corrected chi connectivity index (χ1v) is 5.64. The molecule has 0 spiro atoms. The number of hydrogen-bond acceptors (Lipinski definition) is 2. The maximum Gasteiger partial charge on any atom is 0.189 e. The molecule has 0 atom stereocenters. The summed E-state index contributed by atoms with van der Waals surface area (Å²) in [6.45, 7) is 0. The molecule has 1 N–H and O–H groups in total. The second kappa shape index (κ2) is 5.61. The summed E-state index contributed by atoms with van der Waals surface area (Å²) >= 11 is 0. The largest absolute Gasteiger partial charge is 0.504 e. The molecule has 0 aromatic heterocycles. The van der Waals surface area contributed by atoms with Gasteiger partial charge < -0.3 is 5.11 Å². The van der Waals surface area contributed by atoms with Crippen molar-refractivity contribution in [2.45, 2.75) is 0 Å². The van der Waals surface area contributed by atoms with Gasteiger partial charge in [-0.2, -0.15) is 0 Å². The molecule has 2 rings (SSSR count). The van der Waals surface area contributed by atoms with Gasteiger partial charge in [-0.25, -0.2) is 13.2 Å². The van der Waals surface area contributed by atoms with Crippen molar-refractivity contribution in [3.63, 3.8) is 0 Å². The number of hydrogen-bond donors (Lipinski definition) is 1. The molecule has 0 aliphatic heterocycles. The van der Waals surface area contributed by atoms with Gasteiger partial charge in [-0.05, 0) is 24.3 Å². The maximum atomic E-state index is 13.3. The number of benzene rings is 2. The van der Waals surface area contributed by atoms with Crippen molar-refractivity contribution in [3.8, 4) is 5.75 Å². The molecule has 0 saturated carbocycles. The first-order chi connectivity index (χ1) is 9.49. The highest BCUT2D eigenvalue weighted by Gasteiger charge is 2.14. The minimum absolute atomic E-state index is 0.150. The Kier molecular flexibility index (Phi) is 3.89. The van der Waals surface area contributed by atoms with Crippen LogP contribution >= 0.6 is 0 Å². The quantitative estimate of drug-likeness (QED) is 0.686.